The summed E-state index contributed by atoms with van der Waals surface area (Å²) in [5.74, 6) is -0.518. The number of nitrogens with two attached hydrogens (primary N) is 1. The average Bonchev–Trinajstić information content (AvgIpc) is 2.84. The average molecular weight is 494 g/mol. The Hall–Kier alpha value is -3.68. The molecule has 34 heavy (non-hydrogen) atoms. The van der Waals surface area contributed by atoms with E-state index in [1.807, 2.05) is 30.3 Å². The highest BCUT2D eigenvalue weighted by molar-refractivity contribution is 7.90. The zero-order valence-electron chi connectivity index (χ0n) is 17.9. The van der Waals surface area contributed by atoms with Gasteiger partial charge in [0, 0.05) is 5.02 Å². The van der Waals surface area contributed by atoms with Crippen molar-refractivity contribution < 1.29 is 12.8 Å². The van der Waals surface area contributed by atoms with E-state index in [-0.39, 0.29) is 23.2 Å². The van der Waals surface area contributed by atoms with Gasteiger partial charge in [-0.05, 0) is 70.3 Å². The van der Waals surface area contributed by atoms with Crippen LogP contribution in [-0.2, 0) is 16.6 Å². The molecule has 0 saturated heterocycles. The second-order valence-corrected chi connectivity index (χ2v) is 9.63. The fourth-order valence-corrected chi connectivity index (χ4v) is 4.54. The molecule has 4 aromatic rings. The van der Waals surface area contributed by atoms with Gasteiger partial charge in [-0.3, -0.25) is 0 Å². The lowest BCUT2D eigenvalue weighted by molar-refractivity contribution is 0.592. The number of halogens is 2. The third-order valence-electron chi connectivity index (χ3n) is 5.12. The molecule has 0 heterocycles. The van der Waals surface area contributed by atoms with Gasteiger partial charge in [-0.15, -0.1) is 0 Å². The first-order valence-corrected chi connectivity index (χ1v) is 12.2. The van der Waals surface area contributed by atoms with Gasteiger partial charge in [-0.2, -0.15) is 0 Å². The summed E-state index contributed by atoms with van der Waals surface area (Å²) in [6.45, 7) is 0.160. The van der Waals surface area contributed by atoms with Crippen LogP contribution < -0.4 is 10.5 Å². The SMILES string of the molecule is NC(=NCc1ccc(-c2ccc(F)cc2)c(-c2ccc(Cl)cc2)c1)NS(=O)(=O)c1ccccc1. The Labute approximate surface area is 202 Å². The number of rotatable bonds is 6. The molecule has 0 saturated carbocycles. The van der Waals surface area contributed by atoms with Crippen molar-refractivity contribution >= 4 is 27.6 Å². The minimum Gasteiger partial charge on any atom is -0.369 e. The van der Waals surface area contributed by atoms with Crippen molar-refractivity contribution in [3.63, 3.8) is 0 Å². The van der Waals surface area contributed by atoms with Crippen LogP contribution in [-0.4, -0.2) is 14.4 Å². The summed E-state index contributed by atoms with van der Waals surface area (Å²) in [6, 6.07) is 27.4. The van der Waals surface area contributed by atoms with Crippen molar-refractivity contribution in [3.8, 4) is 22.3 Å². The molecule has 0 aliphatic rings. The van der Waals surface area contributed by atoms with Gasteiger partial charge in [-0.1, -0.05) is 66.2 Å². The predicted octanol–water partition coefficient (Wildman–Crippen LogP) is 5.61. The number of aliphatic imine (C=N–C) groups is 1. The molecule has 0 atom stereocenters. The van der Waals surface area contributed by atoms with E-state index in [9.17, 15) is 12.8 Å². The fourth-order valence-electron chi connectivity index (χ4n) is 3.44. The Morgan fingerprint density at radius 3 is 2.15 bits per heavy atom. The van der Waals surface area contributed by atoms with Crippen LogP contribution in [0.2, 0.25) is 5.02 Å². The fraction of sp³-hybridized carbons (Fsp3) is 0.0385. The molecule has 0 aromatic heterocycles. The second-order valence-electron chi connectivity index (χ2n) is 7.51. The smallest absolute Gasteiger partial charge is 0.264 e. The van der Waals surface area contributed by atoms with Crippen LogP contribution >= 0.6 is 11.6 Å². The van der Waals surface area contributed by atoms with E-state index in [0.717, 1.165) is 27.8 Å². The summed E-state index contributed by atoms with van der Waals surface area (Å²) in [6.07, 6.45) is 0. The highest BCUT2D eigenvalue weighted by Crippen LogP contribution is 2.34. The van der Waals surface area contributed by atoms with Crippen molar-refractivity contribution in [2.45, 2.75) is 11.4 Å². The molecule has 0 radical (unpaired) electrons. The van der Waals surface area contributed by atoms with Crippen LogP contribution in [0.1, 0.15) is 5.56 Å². The lowest BCUT2D eigenvalue weighted by Gasteiger charge is -2.13. The van der Waals surface area contributed by atoms with Crippen LogP contribution in [0.4, 0.5) is 4.39 Å². The van der Waals surface area contributed by atoms with Gasteiger partial charge in [0.1, 0.15) is 5.82 Å². The summed E-state index contributed by atoms with van der Waals surface area (Å²) in [5, 5.41) is 0.617. The van der Waals surface area contributed by atoms with E-state index in [2.05, 4.69) is 9.71 Å². The standard InChI is InChI=1S/C26H21ClFN3O2S/c27-21-11-7-20(8-12-21)25-16-18(6-15-24(25)19-9-13-22(28)14-10-19)17-30-26(29)31-34(32,33)23-4-2-1-3-5-23/h1-16H,17H2,(H3,29,30,31). The summed E-state index contributed by atoms with van der Waals surface area (Å²) in [4.78, 5) is 4.30. The second kappa shape index (κ2) is 10.1. The number of benzene rings is 4. The number of sulfonamides is 1. The summed E-state index contributed by atoms with van der Waals surface area (Å²) < 4.78 is 40.6. The van der Waals surface area contributed by atoms with Gasteiger partial charge in [-0.25, -0.2) is 22.5 Å². The Bertz CT molecular complexity index is 1420. The maximum atomic E-state index is 13.4. The third kappa shape index (κ3) is 5.62. The van der Waals surface area contributed by atoms with Crippen molar-refractivity contribution in [3.05, 3.63) is 113 Å². The molecule has 0 aliphatic carbocycles. The number of nitrogens with zero attached hydrogens (tertiary/aromatic N) is 1. The molecule has 3 N–H and O–H groups in total. The molecule has 8 heteroatoms. The molecule has 4 aromatic carbocycles. The number of hydrogen-bond acceptors (Lipinski definition) is 3. The summed E-state index contributed by atoms with van der Waals surface area (Å²) in [7, 11) is -3.81. The topological polar surface area (TPSA) is 84.5 Å². The Morgan fingerprint density at radius 2 is 1.47 bits per heavy atom. The monoisotopic (exact) mass is 493 g/mol. The first-order chi connectivity index (χ1) is 16.3. The Morgan fingerprint density at radius 1 is 0.853 bits per heavy atom. The Kier molecular flexibility index (Phi) is 6.95. The van der Waals surface area contributed by atoms with Gasteiger partial charge in [0.05, 0.1) is 11.4 Å². The Balaban J connectivity index is 1.63. The lowest BCUT2D eigenvalue weighted by Crippen LogP contribution is -2.36. The number of guanidine groups is 1. The van der Waals surface area contributed by atoms with Gasteiger partial charge < -0.3 is 5.73 Å². The highest BCUT2D eigenvalue weighted by atomic mass is 35.5. The minimum absolute atomic E-state index is 0.0989. The lowest BCUT2D eigenvalue weighted by atomic mass is 9.93. The maximum absolute atomic E-state index is 13.4. The molecule has 172 valence electrons. The molecule has 0 amide bonds. The molecule has 0 aliphatic heterocycles. The van der Waals surface area contributed by atoms with Crippen LogP contribution in [0.25, 0.3) is 22.3 Å². The van der Waals surface area contributed by atoms with Gasteiger partial charge in [0.15, 0.2) is 0 Å². The van der Waals surface area contributed by atoms with E-state index in [1.54, 1.807) is 42.5 Å². The normalized spacial score (nSPS) is 11.9. The predicted molar refractivity (Wildman–Crippen MR) is 134 cm³/mol. The van der Waals surface area contributed by atoms with E-state index in [1.165, 1.54) is 24.3 Å². The number of nitrogens with one attached hydrogen (secondary N) is 1. The molecular weight excluding hydrogens is 473 g/mol. The van der Waals surface area contributed by atoms with Gasteiger partial charge >= 0.3 is 0 Å². The first-order valence-electron chi connectivity index (χ1n) is 10.3. The molecule has 5 nitrogen and oxygen atoms in total. The van der Waals surface area contributed by atoms with E-state index < -0.39 is 10.0 Å². The number of hydrogen-bond donors (Lipinski definition) is 2. The van der Waals surface area contributed by atoms with E-state index in [0.29, 0.717) is 5.02 Å². The first kappa shape index (κ1) is 23.5. The van der Waals surface area contributed by atoms with E-state index >= 15 is 0 Å². The molecule has 0 fully saturated rings. The molecule has 0 bridgehead atoms. The zero-order valence-corrected chi connectivity index (χ0v) is 19.5. The van der Waals surface area contributed by atoms with Crippen LogP contribution in [0, 0.1) is 5.82 Å². The van der Waals surface area contributed by atoms with E-state index in [4.69, 9.17) is 17.3 Å². The van der Waals surface area contributed by atoms with Crippen molar-refractivity contribution in [1.82, 2.24) is 4.72 Å². The molecule has 0 unspecified atom stereocenters. The third-order valence-corrected chi connectivity index (χ3v) is 6.74. The summed E-state index contributed by atoms with van der Waals surface area (Å²) >= 11 is 6.06. The van der Waals surface area contributed by atoms with Crippen LogP contribution in [0.5, 0.6) is 0 Å². The highest BCUT2D eigenvalue weighted by Gasteiger charge is 2.14. The molecule has 0 spiro atoms. The van der Waals surface area contributed by atoms with Crippen molar-refractivity contribution in [2.75, 3.05) is 0 Å². The van der Waals surface area contributed by atoms with Crippen LogP contribution in [0.3, 0.4) is 0 Å². The maximum Gasteiger partial charge on any atom is 0.264 e. The van der Waals surface area contributed by atoms with Crippen molar-refractivity contribution in [1.29, 1.82) is 0 Å². The van der Waals surface area contributed by atoms with Crippen LogP contribution in [0.15, 0.2) is 107 Å². The molecule has 4 rings (SSSR count). The molecular formula is C26H21ClFN3O2S. The largest absolute Gasteiger partial charge is 0.369 e. The zero-order chi connectivity index (χ0) is 24.1. The van der Waals surface area contributed by atoms with Gasteiger partial charge in [0.25, 0.3) is 10.0 Å². The summed E-state index contributed by atoms with van der Waals surface area (Å²) in [5.41, 5.74) is 10.3. The van der Waals surface area contributed by atoms with Crippen molar-refractivity contribution in [2.24, 2.45) is 10.7 Å². The van der Waals surface area contributed by atoms with Gasteiger partial charge in [0.2, 0.25) is 5.96 Å². The minimum atomic E-state index is -3.81. The quantitative estimate of drug-likeness (QED) is 0.270.